The first-order valence-electron chi connectivity index (χ1n) is 6.56. The molecule has 0 fully saturated rings. The van der Waals surface area contributed by atoms with Gasteiger partial charge in [0.1, 0.15) is 0 Å². The van der Waals surface area contributed by atoms with Crippen LogP contribution in [0.2, 0.25) is 0 Å². The summed E-state index contributed by atoms with van der Waals surface area (Å²) >= 11 is 0. The zero-order chi connectivity index (χ0) is 16.8. The molecule has 1 aromatic rings. The van der Waals surface area contributed by atoms with Gasteiger partial charge in [0, 0.05) is 0 Å². The van der Waals surface area contributed by atoms with Gasteiger partial charge in [0.2, 0.25) is 0 Å². The quantitative estimate of drug-likeness (QED) is 0.771. The minimum Gasteiger partial charge on any atom is -0.330 e. The van der Waals surface area contributed by atoms with E-state index in [1.54, 1.807) is 23.5 Å². The Bertz CT molecular complexity index is 526. The number of benzene rings is 1. The number of hydrogen-bond donors (Lipinski definition) is 1. The molecule has 0 aromatic heterocycles. The van der Waals surface area contributed by atoms with Gasteiger partial charge in [-0.15, -0.1) is 0 Å². The fourth-order valence-electron chi connectivity index (χ4n) is 1.73. The first kappa shape index (κ1) is 18.7. The van der Waals surface area contributed by atoms with E-state index >= 15 is 0 Å². The molecule has 0 unspecified atom stereocenters. The summed E-state index contributed by atoms with van der Waals surface area (Å²) in [5, 5.41) is 1.71. The molecule has 1 rings (SSSR count). The topological polar surface area (TPSA) is 64.6 Å². The highest BCUT2D eigenvalue weighted by Crippen LogP contribution is 2.59. The number of carbonyl (C=O) groups is 1. The molecule has 9 heteroatoms. The van der Waals surface area contributed by atoms with Crippen LogP contribution in [0.4, 0.5) is 13.2 Å². The number of alkyl halides is 3. The number of nitrogens with one attached hydrogen (secondary N) is 1. The van der Waals surface area contributed by atoms with Crippen molar-refractivity contribution in [1.29, 1.82) is 0 Å². The lowest BCUT2D eigenvalue weighted by Gasteiger charge is -2.27. The maximum Gasteiger partial charge on any atom is 0.471 e. The Balaban J connectivity index is 3.21. The molecule has 0 radical (unpaired) electrons. The predicted octanol–water partition coefficient (Wildman–Crippen LogP) is 3.63. The zero-order valence-electron chi connectivity index (χ0n) is 12.1. The molecule has 124 valence electrons. The van der Waals surface area contributed by atoms with Crippen molar-refractivity contribution in [2.75, 3.05) is 13.2 Å². The first-order chi connectivity index (χ1) is 10.2. The molecule has 1 atom stereocenters. The minimum absolute atomic E-state index is 0.0392. The molecule has 0 aliphatic carbocycles. The number of carbonyl (C=O) groups excluding carboxylic acids is 1. The Hall–Kier alpha value is -1.37. The number of hydrogen-bond acceptors (Lipinski definition) is 4. The molecule has 1 N–H and O–H groups in total. The molecule has 0 heterocycles. The van der Waals surface area contributed by atoms with E-state index < -0.39 is 25.5 Å². The molecular weight excluding hydrogens is 322 g/mol. The molecule has 5 nitrogen and oxygen atoms in total. The van der Waals surface area contributed by atoms with Crippen LogP contribution in [-0.2, 0) is 18.4 Å². The third-order valence-electron chi connectivity index (χ3n) is 2.57. The second-order valence-electron chi connectivity index (χ2n) is 4.16. The van der Waals surface area contributed by atoms with Gasteiger partial charge < -0.3 is 14.4 Å². The maximum atomic E-state index is 12.7. The van der Waals surface area contributed by atoms with E-state index in [1.165, 1.54) is 26.0 Å². The van der Waals surface area contributed by atoms with Crippen LogP contribution in [0.25, 0.3) is 0 Å². The van der Waals surface area contributed by atoms with Crippen molar-refractivity contribution in [3.05, 3.63) is 35.9 Å². The van der Waals surface area contributed by atoms with Crippen LogP contribution >= 0.6 is 7.60 Å². The Labute approximate surface area is 126 Å². The summed E-state index contributed by atoms with van der Waals surface area (Å²) in [7, 11) is -4.01. The SMILES string of the molecule is CCOP(=O)(OCC)[C@@H](NC(=O)C(F)(F)F)c1ccccc1. The van der Waals surface area contributed by atoms with Gasteiger partial charge in [-0.25, -0.2) is 0 Å². The molecule has 0 aliphatic rings. The molecule has 0 spiro atoms. The lowest BCUT2D eigenvalue weighted by atomic mass is 10.2. The summed E-state index contributed by atoms with van der Waals surface area (Å²) in [5.41, 5.74) is 0.199. The number of halogens is 3. The Morgan fingerprint density at radius 3 is 2.09 bits per heavy atom. The van der Waals surface area contributed by atoms with Gasteiger partial charge in [0.15, 0.2) is 5.78 Å². The highest BCUT2D eigenvalue weighted by Gasteiger charge is 2.45. The van der Waals surface area contributed by atoms with Gasteiger partial charge in [-0.3, -0.25) is 9.36 Å². The fourth-order valence-corrected chi connectivity index (χ4v) is 3.64. The van der Waals surface area contributed by atoms with Crippen LogP contribution in [0, 0.1) is 0 Å². The Morgan fingerprint density at radius 1 is 1.18 bits per heavy atom. The van der Waals surface area contributed by atoms with Gasteiger partial charge in [-0.2, -0.15) is 13.2 Å². The predicted molar refractivity (Wildman–Crippen MR) is 74.2 cm³/mol. The molecule has 0 aliphatic heterocycles. The fraction of sp³-hybridized carbons (Fsp3) is 0.462. The van der Waals surface area contributed by atoms with E-state index in [1.807, 2.05) is 0 Å². The highest BCUT2D eigenvalue weighted by atomic mass is 31.2. The van der Waals surface area contributed by atoms with E-state index in [-0.39, 0.29) is 18.8 Å². The third-order valence-corrected chi connectivity index (χ3v) is 4.87. The van der Waals surface area contributed by atoms with Crippen LogP contribution in [0.1, 0.15) is 25.2 Å². The van der Waals surface area contributed by atoms with Crippen LogP contribution in [0.3, 0.4) is 0 Å². The summed E-state index contributed by atoms with van der Waals surface area (Å²) in [6.45, 7) is 2.98. The summed E-state index contributed by atoms with van der Waals surface area (Å²) < 4.78 is 60.4. The number of rotatable bonds is 7. The number of amides is 1. The zero-order valence-corrected chi connectivity index (χ0v) is 13.0. The van der Waals surface area contributed by atoms with Crippen molar-refractivity contribution in [3.63, 3.8) is 0 Å². The maximum absolute atomic E-state index is 12.7. The Kier molecular flexibility index (Phi) is 6.59. The van der Waals surface area contributed by atoms with Crippen molar-refractivity contribution >= 4 is 13.5 Å². The largest absolute Gasteiger partial charge is 0.471 e. The van der Waals surface area contributed by atoms with Gasteiger partial charge in [-0.05, 0) is 19.4 Å². The average Bonchev–Trinajstić information content (AvgIpc) is 2.44. The lowest BCUT2D eigenvalue weighted by molar-refractivity contribution is -0.174. The molecule has 0 bridgehead atoms. The van der Waals surface area contributed by atoms with Gasteiger partial charge >= 0.3 is 19.7 Å². The molecule has 0 saturated carbocycles. The molecule has 22 heavy (non-hydrogen) atoms. The highest BCUT2D eigenvalue weighted by molar-refractivity contribution is 7.54. The summed E-state index contributed by atoms with van der Waals surface area (Å²) in [4.78, 5) is 11.2. The summed E-state index contributed by atoms with van der Waals surface area (Å²) in [5.74, 6) is -3.75. The van der Waals surface area contributed by atoms with Crippen LogP contribution < -0.4 is 5.32 Å². The second kappa shape index (κ2) is 7.76. The van der Waals surface area contributed by atoms with Crippen molar-refractivity contribution in [3.8, 4) is 0 Å². The van der Waals surface area contributed by atoms with E-state index in [4.69, 9.17) is 9.05 Å². The lowest BCUT2D eigenvalue weighted by Crippen LogP contribution is -2.39. The molecule has 0 saturated heterocycles. The standard InChI is InChI=1S/C13H17F3NO4P/c1-3-20-22(19,21-4-2)11(10-8-6-5-7-9-10)17-12(18)13(14,15)16/h5-9,11H,3-4H2,1-2H3,(H,17,18)/t11-/m1/s1. The van der Waals surface area contributed by atoms with Crippen LogP contribution in [-0.4, -0.2) is 25.3 Å². The normalized spacial score (nSPS) is 13.7. The van der Waals surface area contributed by atoms with Crippen molar-refractivity contribution in [2.45, 2.75) is 25.8 Å². The van der Waals surface area contributed by atoms with Crippen molar-refractivity contribution in [2.24, 2.45) is 0 Å². The van der Waals surface area contributed by atoms with Crippen LogP contribution in [0.5, 0.6) is 0 Å². The van der Waals surface area contributed by atoms with Gasteiger partial charge in [0.25, 0.3) is 0 Å². The first-order valence-corrected chi connectivity index (χ1v) is 8.17. The monoisotopic (exact) mass is 339 g/mol. The summed E-state index contributed by atoms with van der Waals surface area (Å²) in [6, 6.07) is 7.60. The Morgan fingerprint density at radius 2 is 1.68 bits per heavy atom. The van der Waals surface area contributed by atoms with Crippen molar-refractivity contribution in [1.82, 2.24) is 5.32 Å². The van der Waals surface area contributed by atoms with E-state index in [0.29, 0.717) is 0 Å². The molecular formula is C13H17F3NO4P. The van der Waals surface area contributed by atoms with E-state index in [2.05, 4.69) is 0 Å². The van der Waals surface area contributed by atoms with Crippen molar-refractivity contribution < 1.29 is 31.6 Å². The van der Waals surface area contributed by atoms with Gasteiger partial charge in [-0.1, -0.05) is 30.3 Å². The minimum atomic E-state index is -5.10. The average molecular weight is 339 g/mol. The summed E-state index contributed by atoms with van der Waals surface area (Å²) in [6.07, 6.45) is -5.10. The second-order valence-corrected chi connectivity index (χ2v) is 6.27. The molecule has 1 amide bonds. The van der Waals surface area contributed by atoms with E-state index in [9.17, 15) is 22.5 Å². The van der Waals surface area contributed by atoms with Crippen LogP contribution in [0.15, 0.2) is 30.3 Å². The molecule has 1 aromatic carbocycles. The van der Waals surface area contributed by atoms with Gasteiger partial charge in [0.05, 0.1) is 13.2 Å². The third kappa shape index (κ3) is 4.83. The smallest absolute Gasteiger partial charge is 0.330 e. The van der Waals surface area contributed by atoms with E-state index in [0.717, 1.165) is 0 Å².